The van der Waals surface area contributed by atoms with Crippen molar-refractivity contribution in [2.24, 2.45) is 17.8 Å². The third-order valence-electron chi connectivity index (χ3n) is 16.7. The lowest BCUT2D eigenvalue weighted by Crippen LogP contribution is -2.54. The Morgan fingerprint density at radius 3 is 1.26 bits per heavy atom. The van der Waals surface area contributed by atoms with Crippen LogP contribution in [-0.2, 0) is 40.1 Å². The van der Waals surface area contributed by atoms with Crippen LogP contribution in [0.5, 0.6) is 0 Å². The molecular formula is C67H99N9O8. The number of carbonyl (C=O) groups is 5. The molecule has 0 bridgehead atoms. The second-order valence-electron chi connectivity index (χ2n) is 27.0. The molecule has 4 amide bonds. The molecule has 0 saturated carbocycles. The second kappa shape index (κ2) is 28.6. The fourth-order valence-electron chi connectivity index (χ4n) is 12.1. The fourth-order valence-corrected chi connectivity index (χ4v) is 12.1. The van der Waals surface area contributed by atoms with E-state index in [1.165, 1.54) is 52.9 Å². The Kier molecular flexibility index (Phi) is 22.7. The number of hydrogen-bond donors (Lipinski definition) is 3. The van der Waals surface area contributed by atoms with Gasteiger partial charge in [0.2, 0.25) is 11.8 Å². The van der Waals surface area contributed by atoms with E-state index in [1.54, 1.807) is 27.8 Å². The van der Waals surface area contributed by atoms with E-state index in [1.807, 2.05) is 88.3 Å². The Balaban J connectivity index is 0.000000187. The van der Waals surface area contributed by atoms with Crippen molar-refractivity contribution in [2.75, 3.05) is 60.4 Å². The topological polar surface area (TPSA) is 200 Å². The molecule has 3 aromatic rings. The molecule has 9 rings (SSSR count). The van der Waals surface area contributed by atoms with Crippen LogP contribution < -0.4 is 10.6 Å². The zero-order valence-corrected chi connectivity index (χ0v) is 53.2. The first-order valence-electron chi connectivity index (χ1n) is 30.6. The summed E-state index contributed by atoms with van der Waals surface area (Å²) in [6, 6.07) is 10.9. The number of nitrogens with one attached hydrogen (secondary N) is 2. The van der Waals surface area contributed by atoms with E-state index in [4.69, 9.17) is 14.6 Å². The molecule has 3 spiro atoms. The van der Waals surface area contributed by atoms with Gasteiger partial charge in [0, 0.05) is 75.1 Å². The van der Waals surface area contributed by atoms with E-state index in [0.29, 0.717) is 31.8 Å². The standard InChI is InChI=1S/C24H35N3O3.C19H27N3O.C12H14N2.C12H23NO4/c1-17(2)16-19(26(6)22(29)30-23(3,4)5)21(28)27-14-11-24(12-15-27)10-9-18-8-7-13-25-20(18)24;1-14(2)13-16(20-3)18(23)22-11-8-19(9-12-22)7-6-15-5-4-10-21-17(15)19;1-2-10-3-4-12(11(10)14-7-1)5-8-13-9-6-12;1-8(2)7-9(10(14)15)13(6)11(16)17-12(3,4)5/h7-10,13,17,19H,11-12,14-16H2,1-6H3;4-7,10,14,16,20H,8-9,11-13H2,1-3H3;1-4,7,13H,5-6,8-9H2;8-9H,7H2,1-6H3,(H,14,15)/t19-;16-;;/m11../s1. The van der Waals surface area contributed by atoms with Gasteiger partial charge in [-0.2, -0.15) is 0 Å². The lowest BCUT2D eigenvalue weighted by atomic mass is 9.77. The summed E-state index contributed by atoms with van der Waals surface area (Å²) >= 11 is 0. The number of pyridine rings is 3. The SMILES string of the molecule is C1=CC2(CCNCC2)c2ncccc21.CC(C)CC(C(=O)O)N(C)C(=O)OC(C)(C)C.CC(C)C[C@H](C(=O)N1CCC2(C=Cc3cccnc32)CC1)N(C)C(=O)OC(C)(C)C.CN[C@H](CC(C)C)C(=O)N1CCC2(C=Cc3cccnc32)CC1. The number of hydrogen-bond acceptors (Lipinski definition) is 12. The molecule has 1 unspecified atom stereocenters. The van der Waals surface area contributed by atoms with Crippen LogP contribution in [0.15, 0.2) is 73.2 Å². The molecule has 6 heterocycles. The molecule has 3 saturated heterocycles. The van der Waals surface area contributed by atoms with Crippen molar-refractivity contribution in [1.29, 1.82) is 0 Å². The highest BCUT2D eigenvalue weighted by Gasteiger charge is 2.44. The number of amides is 4. The molecule has 3 N–H and O–H groups in total. The van der Waals surface area contributed by atoms with Crippen molar-refractivity contribution in [3.05, 3.63) is 107 Å². The monoisotopic (exact) mass is 1160 g/mol. The van der Waals surface area contributed by atoms with Crippen molar-refractivity contribution < 1.29 is 38.6 Å². The van der Waals surface area contributed by atoms with Crippen LogP contribution in [0, 0.1) is 17.8 Å². The first-order chi connectivity index (χ1) is 39.5. The number of ether oxygens (including phenoxy) is 2. The van der Waals surface area contributed by atoms with Crippen LogP contribution in [0.25, 0.3) is 18.2 Å². The average Bonchev–Trinajstić information content (AvgIpc) is 2.04. The molecule has 460 valence electrons. The maximum Gasteiger partial charge on any atom is 0.410 e. The summed E-state index contributed by atoms with van der Waals surface area (Å²) in [5.74, 6) is 0.248. The van der Waals surface area contributed by atoms with Gasteiger partial charge in [-0.3, -0.25) is 34.3 Å². The van der Waals surface area contributed by atoms with Gasteiger partial charge in [-0.25, -0.2) is 14.4 Å². The van der Waals surface area contributed by atoms with Crippen molar-refractivity contribution in [3.63, 3.8) is 0 Å². The number of aromatic nitrogens is 3. The van der Waals surface area contributed by atoms with E-state index >= 15 is 0 Å². The number of aliphatic carboxylic acids is 1. The highest BCUT2D eigenvalue weighted by Crippen LogP contribution is 2.45. The first-order valence-corrected chi connectivity index (χ1v) is 30.6. The third-order valence-corrected chi connectivity index (χ3v) is 16.7. The largest absolute Gasteiger partial charge is 0.480 e. The zero-order valence-electron chi connectivity index (χ0n) is 53.2. The third kappa shape index (κ3) is 17.1. The zero-order chi connectivity index (χ0) is 61.8. The lowest BCUT2D eigenvalue weighted by molar-refractivity contribution is -0.143. The molecule has 17 heteroatoms. The Hall–Kier alpha value is -6.46. The molecule has 0 radical (unpaired) electrons. The number of carbonyl (C=O) groups excluding carboxylic acids is 4. The molecular weight excluding hydrogens is 1060 g/mol. The number of carboxylic acids is 1. The Bertz CT molecular complexity index is 2810. The lowest BCUT2D eigenvalue weighted by Gasteiger charge is -2.41. The van der Waals surface area contributed by atoms with Gasteiger partial charge in [-0.15, -0.1) is 0 Å². The van der Waals surface area contributed by atoms with Crippen LogP contribution in [0.2, 0.25) is 0 Å². The van der Waals surface area contributed by atoms with E-state index in [0.717, 1.165) is 68.9 Å². The molecule has 84 heavy (non-hydrogen) atoms. The minimum atomic E-state index is -1.01. The molecule has 3 fully saturated rings. The van der Waals surface area contributed by atoms with Crippen LogP contribution in [-0.4, -0.2) is 159 Å². The highest BCUT2D eigenvalue weighted by atomic mass is 16.6. The number of rotatable bonds is 12. The Labute approximate surface area is 501 Å². The van der Waals surface area contributed by atoms with Gasteiger partial charge in [-0.1, -0.05) is 96.2 Å². The molecule has 3 aliphatic carbocycles. The normalized spacial score (nSPS) is 18.5. The summed E-state index contributed by atoms with van der Waals surface area (Å²) in [4.78, 5) is 82.0. The summed E-state index contributed by atoms with van der Waals surface area (Å²) in [6.07, 6.45) is 26.0. The molecule has 0 aromatic carbocycles. The maximum atomic E-state index is 13.4. The molecule has 3 atom stereocenters. The summed E-state index contributed by atoms with van der Waals surface area (Å²) in [6.45, 7) is 28.2. The van der Waals surface area contributed by atoms with Crippen molar-refractivity contribution in [2.45, 2.75) is 186 Å². The highest BCUT2D eigenvalue weighted by molar-refractivity contribution is 5.86. The minimum absolute atomic E-state index is 0.00938. The van der Waals surface area contributed by atoms with E-state index in [2.05, 4.69) is 108 Å². The van der Waals surface area contributed by atoms with Gasteiger partial charge in [-0.05, 0) is 172 Å². The van der Waals surface area contributed by atoms with Crippen LogP contribution in [0.3, 0.4) is 0 Å². The van der Waals surface area contributed by atoms with E-state index in [9.17, 15) is 24.0 Å². The van der Waals surface area contributed by atoms with Crippen molar-refractivity contribution in [1.82, 2.24) is 45.2 Å². The number of likely N-dealkylation sites (tertiary alicyclic amines) is 2. The molecule has 3 aromatic heterocycles. The van der Waals surface area contributed by atoms with Gasteiger partial charge in [0.05, 0.1) is 23.1 Å². The van der Waals surface area contributed by atoms with Crippen molar-refractivity contribution in [3.8, 4) is 0 Å². The average molecular weight is 1160 g/mol. The summed E-state index contributed by atoms with van der Waals surface area (Å²) < 4.78 is 10.6. The molecule has 17 nitrogen and oxygen atoms in total. The summed E-state index contributed by atoms with van der Waals surface area (Å²) in [7, 11) is 5.01. The predicted octanol–water partition coefficient (Wildman–Crippen LogP) is 10.9. The van der Waals surface area contributed by atoms with Gasteiger partial charge in [0.1, 0.15) is 23.3 Å². The van der Waals surface area contributed by atoms with Crippen molar-refractivity contribution >= 4 is 48.2 Å². The number of nitrogens with zero attached hydrogens (tertiary/aromatic N) is 7. The number of carboxylic acid groups (broad SMARTS) is 1. The first kappa shape index (κ1) is 66.7. The molecule has 3 aliphatic heterocycles. The number of fused-ring (bicyclic) bond motifs is 6. The van der Waals surface area contributed by atoms with Crippen LogP contribution in [0.4, 0.5) is 9.59 Å². The van der Waals surface area contributed by atoms with Crippen LogP contribution in [0.1, 0.15) is 175 Å². The fraction of sp³-hybridized carbons (Fsp3) is 0.612. The van der Waals surface area contributed by atoms with Gasteiger partial charge in [0.25, 0.3) is 0 Å². The summed E-state index contributed by atoms with van der Waals surface area (Å²) in [5, 5.41) is 15.7. The Morgan fingerprint density at radius 1 is 0.571 bits per heavy atom. The number of likely N-dealkylation sites (N-methyl/N-ethyl adjacent to an activating group) is 3. The predicted molar refractivity (Wildman–Crippen MR) is 333 cm³/mol. The molecule has 6 aliphatic rings. The number of piperidine rings is 3. The van der Waals surface area contributed by atoms with E-state index in [-0.39, 0.29) is 45.9 Å². The van der Waals surface area contributed by atoms with Crippen LogP contribution >= 0.6 is 0 Å². The van der Waals surface area contributed by atoms with Gasteiger partial charge in [0.15, 0.2) is 0 Å². The van der Waals surface area contributed by atoms with Gasteiger partial charge < -0.3 is 35.0 Å². The maximum absolute atomic E-state index is 13.4. The number of allylic oxidation sites excluding steroid dienone is 3. The second-order valence-corrected chi connectivity index (χ2v) is 27.0. The smallest absolute Gasteiger partial charge is 0.410 e. The van der Waals surface area contributed by atoms with E-state index < -0.39 is 41.4 Å². The summed E-state index contributed by atoms with van der Waals surface area (Å²) in [5.41, 5.74) is 6.35. The van der Waals surface area contributed by atoms with Gasteiger partial charge >= 0.3 is 18.2 Å². The Morgan fingerprint density at radius 2 is 0.917 bits per heavy atom. The minimum Gasteiger partial charge on any atom is -0.480 e. The quantitative estimate of drug-likeness (QED) is 0.155.